The molecule has 24 heavy (non-hydrogen) atoms. The molecule has 0 aliphatic rings. The third kappa shape index (κ3) is 4.79. The molecule has 0 fully saturated rings. The first kappa shape index (κ1) is 17.9. The summed E-state index contributed by atoms with van der Waals surface area (Å²) in [6.07, 6.45) is 1.70. The first-order chi connectivity index (χ1) is 11.6. The predicted molar refractivity (Wildman–Crippen MR) is 94.5 cm³/mol. The van der Waals surface area contributed by atoms with Crippen LogP contribution in [-0.4, -0.2) is 38.9 Å². The maximum absolute atomic E-state index is 10.7. The summed E-state index contributed by atoms with van der Waals surface area (Å²) in [5.74, 6) is 1.45. The Morgan fingerprint density at radius 3 is 2.67 bits per heavy atom. The van der Waals surface area contributed by atoms with E-state index in [0.717, 1.165) is 24.5 Å². The van der Waals surface area contributed by atoms with Crippen molar-refractivity contribution in [3.05, 3.63) is 48.0 Å². The van der Waals surface area contributed by atoms with E-state index in [-0.39, 0.29) is 0 Å². The summed E-state index contributed by atoms with van der Waals surface area (Å²) in [7, 11) is 0. The molecule has 0 aliphatic carbocycles. The average molecular weight is 330 g/mol. The number of hydrogen-bond donors (Lipinski definition) is 3. The fourth-order valence-corrected chi connectivity index (χ4v) is 2.31. The van der Waals surface area contributed by atoms with Gasteiger partial charge in [0.05, 0.1) is 6.54 Å². The van der Waals surface area contributed by atoms with Crippen molar-refractivity contribution in [2.45, 2.75) is 39.5 Å². The Morgan fingerprint density at radius 1 is 1.25 bits per heavy atom. The number of rotatable bonds is 7. The molecule has 0 saturated heterocycles. The van der Waals surface area contributed by atoms with Crippen LogP contribution in [0.25, 0.3) is 0 Å². The van der Waals surface area contributed by atoms with Gasteiger partial charge in [0.1, 0.15) is 18.5 Å². The van der Waals surface area contributed by atoms with Crippen LogP contribution in [0.3, 0.4) is 0 Å². The van der Waals surface area contributed by atoms with E-state index in [1.165, 1.54) is 0 Å². The first-order valence-electron chi connectivity index (χ1n) is 8.23. The second-order valence-corrected chi connectivity index (χ2v) is 5.72. The minimum atomic E-state index is -0.985. The van der Waals surface area contributed by atoms with Crippen molar-refractivity contribution in [2.75, 3.05) is 13.1 Å². The molecule has 0 spiro atoms. The van der Waals surface area contributed by atoms with Crippen LogP contribution in [0.4, 0.5) is 0 Å². The minimum Gasteiger partial charge on any atom is -0.384 e. The van der Waals surface area contributed by atoms with E-state index in [1.54, 1.807) is 13.3 Å². The molecule has 1 unspecified atom stereocenters. The van der Waals surface area contributed by atoms with E-state index in [0.29, 0.717) is 19.0 Å². The third-order valence-corrected chi connectivity index (χ3v) is 3.75. The number of aryl methyl sites for hydroxylation is 1. The normalized spacial score (nSPS) is 14.2. The standard InChI is InChI=1S/C17H26N6O/c1-4-18-16(19-11-15-22-21-13-23(15)5-2)20-12-17(3,24)14-9-7-6-8-10-14/h6-10,13,24H,4-5,11-12H2,1-3H3,(H2,18,19,20). The number of guanidine groups is 1. The van der Waals surface area contributed by atoms with E-state index in [9.17, 15) is 5.11 Å². The number of aliphatic imine (C=N–C) groups is 1. The van der Waals surface area contributed by atoms with Gasteiger partial charge in [-0.25, -0.2) is 4.99 Å². The molecule has 3 N–H and O–H groups in total. The fourth-order valence-electron chi connectivity index (χ4n) is 2.31. The molecule has 7 heteroatoms. The lowest BCUT2D eigenvalue weighted by Crippen LogP contribution is -2.44. The number of aliphatic hydroxyl groups is 1. The largest absolute Gasteiger partial charge is 0.384 e. The van der Waals surface area contributed by atoms with Crippen LogP contribution in [-0.2, 0) is 18.7 Å². The Hall–Kier alpha value is -2.41. The Morgan fingerprint density at radius 2 is 2.00 bits per heavy atom. The van der Waals surface area contributed by atoms with E-state index in [1.807, 2.05) is 48.7 Å². The fraction of sp³-hybridized carbons (Fsp3) is 0.471. The van der Waals surface area contributed by atoms with Crippen molar-refractivity contribution in [1.29, 1.82) is 0 Å². The van der Waals surface area contributed by atoms with E-state index >= 15 is 0 Å². The molecular weight excluding hydrogens is 304 g/mol. The van der Waals surface area contributed by atoms with E-state index in [2.05, 4.69) is 25.8 Å². The van der Waals surface area contributed by atoms with Crippen LogP contribution < -0.4 is 10.6 Å². The quantitative estimate of drug-likeness (QED) is 0.525. The van der Waals surface area contributed by atoms with Crippen LogP contribution in [0.2, 0.25) is 0 Å². The zero-order valence-corrected chi connectivity index (χ0v) is 14.5. The van der Waals surface area contributed by atoms with Gasteiger partial charge in [-0.2, -0.15) is 0 Å². The van der Waals surface area contributed by atoms with Gasteiger partial charge in [0.25, 0.3) is 0 Å². The van der Waals surface area contributed by atoms with Gasteiger partial charge in [0, 0.05) is 13.1 Å². The Labute approximate surface area is 142 Å². The molecule has 0 radical (unpaired) electrons. The van der Waals surface area contributed by atoms with Crippen molar-refractivity contribution in [3.8, 4) is 0 Å². The highest BCUT2D eigenvalue weighted by atomic mass is 16.3. The number of benzene rings is 1. The second kappa shape index (κ2) is 8.44. The molecule has 0 saturated carbocycles. The highest BCUT2D eigenvalue weighted by Crippen LogP contribution is 2.18. The van der Waals surface area contributed by atoms with Crippen molar-refractivity contribution >= 4 is 5.96 Å². The summed E-state index contributed by atoms with van der Waals surface area (Å²) < 4.78 is 1.95. The zero-order valence-electron chi connectivity index (χ0n) is 14.5. The van der Waals surface area contributed by atoms with Gasteiger partial charge >= 0.3 is 0 Å². The molecule has 7 nitrogen and oxygen atoms in total. The van der Waals surface area contributed by atoms with Crippen molar-refractivity contribution in [2.24, 2.45) is 4.99 Å². The van der Waals surface area contributed by atoms with Crippen LogP contribution in [0.5, 0.6) is 0 Å². The lowest BCUT2D eigenvalue weighted by atomic mass is 9.96. The summed E-state index contributed by atoms with van der Waals surface area (Å²) in [5, 5.41) is 25.0. The highest BCUT2D eigenvalue weighted by Gasteiger charge is 2.22. The zero-order chi connectivity index (χ0) is 17.4. The first-order valence-corrected chi connectivity index (χ1v) is 8.23. The second-order valence-electron chi connectivity index (χ2n) is 5.72. The Kier molecular flexibility index (Phi) is 6.31. The summed E-state index contributed by atoms with van der Waals surface area (Å²) in [4.78, 5) is 4.52. The smallest absolute Gasteiger partial charge is 0.191 e. The van der Waals surface area contributed by atoms with Crippen LogP contribution in [0, 0.1) is 0 Å². The monoisotopic (exact) mass is 330 g/mol. The van der Waals surface area contributed by atoms with Crippen LogP contribution in [0.15, 0.2) is 41.7 Å². The summed E-state index contributed by atoms with van der Waals surface area (Å²) in [5.41, 5.74) is -0.125. The molecule has 1 heterocycles. The summed E-state index contributed by atoms with van der Waals surface area (Å²) in [6, 6.07) is 9.59. The maximum Gasteiger partial charge on any atom is 0.191 e. The van der Waals surface area contributed by atoms with Crippen LogP contribution in [0.1, 0.15) is 32.2 Å². The van der Waals surface area contributed by atoms with Crippen molar-refractivity contribution < 1.29 is 5.11 Å². The molecular formula is C17H26N6O. The summed E-state index contributed by atoms with van der Waals surface area (Å²) in [6.45, 7) is 8.15. The summed E-state index contributed by atoms with van der Waals surface area (Å²) >= 11 is 0. The van der Waals surface area contributed by atoms with Gasteiger partial charge in [0.2, 0.25) is 0 Å². The Bertz CT molecular complexity index is 650. The molecule has 1 aromatic heterocycles. The van der Waals surface area contributed by atoms with Gasteiger partial charge in [-0.1, -0.05) is 30.3 Å². The molecule has 0 amide bonds. The van der Waals surface area contributed by atoms with Gasteiger partial charge in [0.15, 0.2) is 11.8 Å². The molecule has 1 aromatic carbocycles. The third-order valence-electron chi connectivity index (χ3n) is 3.75. The van der Waals surface area contributed by atoms with Gasteiger partial charge in [-0.05, 0) is 26.3 Å². The number of nitrogens with zero attached hydrogens (tertiary/aromatic N) is 4. The molecule has 0 aliphatic heterocycles. The Balaban J connectivity index is 2.01. The lowest BCUT2D eigenvalue weighted by Gasteiger charge is -2.25. The maximum atomic E-state index is 10.7. The molecule has 1 atom stereocenters. The topological polar surface area (TPSA) is 87.4 Å². The number of aromatic nitrogens is 3. The lowest BCUT2D eigenvalue weighted by molar-refractivity contribution is 0.0617. The molecule has 2 aromatic rings. The van der Waals surface area contributed by atoms with Crippen molar-refractivity contribution in [1.82, 2.24) is 25.4 Å². The van der Waals surface area contributed by atoms with E-state index in [4.69, 9.17) is 0 Å². The van der Waals surface area contributed by atoms with Gasteiger partial charge < -0.3 is 20.3 Å². The average Bonchev–Trinajstić information content (AvgIpc) is 3.06. The van der Waals surface area contributed by atoms with Crippen LogP contribution >= 0.6 is 0 Å². The highest BCUT2D eigenvalue weighted by molar-refractivity contribution is 5.79. The SMILES string of the molecule is CCNC(=NCc1nncn1CC)NCC(C)(O)c1ccccc1. The number of hydrogen-bond acceptors (Lipinski definition) is 4. The van der Waals surface area contributed by atoms with E-state index < -0.39 is 5.60 Å². The van der Waals surface area contributed by atoms with Gasteiger partial charge in [-0.3, -0.25) is 0 Å². The van der Waals surface area contributed by atoms with Gasteiger partial charge in [-0.15, -0.1) is 10.2 Å². The number of nitrogens with one attached hydrogen (secondary N) is 2. The molecule has 0 bridgehead atoms. The van der Waals surface area contributed by atoms with Crippen molar-refractivity contribution in [3.63, 3.8) is 0 Å². The molecule has 130 valence electrons. The minimum absolute atomic E-state index is 0.351. The predicted octanol–water partition coefficient (Wildman–Crippen LogP) is 1.26. The molecule has 2 rings (SSSR count).